The second kappa shape index (κ2) is 7.44. The first-order valence-electron chi connectivity index (χ1n) is 9.63. The van der Waals surface area contributed by atoms with E-state index in [0.717, 1.165) is 16.1 Å². The second-order valence-corrected chi connectivity index (χ2v) is 8.59. The summed E-state index contributed by atoms with van der Waals surface area (Å²) < 4.78 is 0. The van der Waals surface area contributed by atoms with Crippen molar-refractivity contribution in [1.29, 1.82) is 0 Å². The number of urea groups is 1. The molecule has 0 bridgehead atoms. The third kappa shape index (κ3) is 3.56. The monoisotopic (exact) mass is 405 g/mol. The van der Waals surface area contributed by atoms with E-state index in [1.54, 1.807) is 6.92 Å². The van der Waals surface area contributed by atoms with E-state index in [1.165, 1.54) is 21.8 Å². The molecule has 1 aliphatic heterocycles. The Morgan fingerprint density at radius 1 is 1.07 bits per heavy atom. The number of benzene rings is 2. The molecular formula is C23H23N3O2S. The summed E-state index contributed by atoms with van der Waals surface area (Å²) >= 11 is 1.51. The summed E-state index contributed by atoms with van der Waals surface area (Å²) in [6.45, 7) is 6.17. The zero-order valence-corrected chi connectivity index (χ0v) is 17.5. The number of carbonyl (C=O) groups is 2. The average molecular weight is 406 g/mol. The van der Waals surface area contributed by atoms with Crippen molar-refractivity contribution in [3.05, 3.63) is 76.8 Å². The molecule has 0 spiro atoms. The Morgan fingerprint density at radius 3 is 2.41 bits per heavy atom. The minimum Gasteiger partial charge on any atom is -0.319 e. The third-order valence-electron chi connectivity index (χ3n) is 5.32. The maximum atomic E-state index is 13.2. The SMILES string of the molecule is CC(C)c1ccc(C2(C)NC(=O)N(Cc3csc(-c4ccccc4)n3)C2=O)cc1. The summed E-state index contributed by atoms with van der Waals surface area (Å²) in [4.78, 5) is 31.6. The van der Waals surface area contributed by atoms with Crippen molar-refractivity contribution in [2.45, 2.75) is 38.8 Å². The molecule has 29 heavy (non-hydrogen) atoms. The van der Waals surface area contributed by atoms with Crippen LogP contribution in [0.5, 0.6) is 0 Å². The van der Waals surface area contributed by atoms with Crippen LogP contribution in [-0.4, -0.2) is 21.8 Å². The van der Waals surface area contributed by atoms with Crippen molar-refractivity contribution in [2.24, 2.45) is 0 Å². The normalized spacial score (nSPS) is 19.1. The number of hydrogen-bond acceptors (Lipinski definition) is 4. The van der Waals surface area contributed by atoms with Crippen LogP contribution in [0.15, 0.2) is 60.0 Å². The van der Waals surface area contributed by atoms with E-state index >= 15 is 0 Å². The fourth-order valence-corrected chi connectivity index (χ4v) is 4.31. The third-order valence-corrected chi connectivity index (χ3v) is 6.26. The number of nitrogens with zero attached hydrogens (tertiary/aromatic N) is 2. The Labute approximate surface area is 174 Å². The van der Waals surface area contributed by atoms with Gasteiger partial charge in [0.15, 0.2) is 0 Å². The summed E-state index contributed by atoms with van der Waals surface area (Å²) in [6, 6.07) is 17.4. The van der Waals surface area contributed by atoms with Crippen molar-refractivity contribution in [2.75, 3.05) is 0 Å². The van der Waals surface area contributed by atoms with Crippen LogP contribution >= 0.6 is 11.3 Å². The molecule has 1 aromatic heterocycles. The summed E-state index contributed by atoms with van der Waals surface area (Å²) in [5, 5.41) is 5.64. The Bertz CT molecular complexity index is 1040. The molecule has 1 unspecified atom stereocenters. The zero-order chi connectivity index (χ0) is 20.6. The molecule has 3 amide bonds. The van der Waals surface area contributed by atoms with Gasteiger partial charge in [-0.15, -0.1) is 11.3 Å². The Kier molecular flexibility index (Phi) is 4.96. The van der Waals surface area contributed by atoms with Gasteiger partial charge in [-0.3, -0.25) is 9.69 Å². The minimum atomic E-state index is -1.06. The summed E-state index contributed by atoms with van der Waals surface area (Å²) in [5.41, 5.74) is 2.64. The largest absolute Gasteiger partial charge is 0.325 e. The van der Waals surface area contributed by atoms with Crippen LogP contribution in [0, 0.1) is 0 Å². The summed E-state index contributed by atoms with van der Waals surface area (Å²) in [5.74, 6) is 0.153. The highest BCUT2D eigenvalue weighted by Gasteiger charge is 2.49. The first kappa shape index (κ1) is 19.3. The first-order chi connectivity index (χ1) is 13.9. The molecule has 0 radical (unpaired) electrons. The number of nitrogens with one attached hydrogen (secondary N) is 1. The molecular weight excluding hydrogens is 382 g/mol. The van der Waals surface area contributed by atoms with Gasteiger partial charge in [-0.05, 0) is 24.0 Å². The van der Waals surface area contributed by atoms with E-state index in [-0.39, 0.29) is 18.5 Å². The molecule has 148 valence electrons. The van der Waals surface area contributed by atoms with Crippen LogP contribution in [0.4, 0.5) is 4.79 Å². The Hall–Kier alpha value is -2.99. The van der Waals surface area contributed by atoms with Crippen LogP contribution in [0.2, 0.25) is 0 Å². The van der Waals surface area contributed by atoms with E-state index < -0.39 is 5.54 Å². The van der Waals surface area contributed by atoms with Gasteiger partial charge in [0, 0.05) is 10.9 Å². The van der Waals surface area contributed by atoms with Crippen molar-refractivity contribution in [3.63, 3.8) is 0 Å². The zero-order valence-electron chi connectivity index (χ0n) is 16.7. The molecule has 1 aliphatic rings. The van der Waals surface area contributed by atoms with Gasteiger partial charge in [0.2, 0.25) is 0 Å². The molecule has 1 N–H and O–H groups in total. The van der Waals surface area contributed by atoms with Gasteiger partial charge in [0.05, 0.1) is 12.2 Å². The Morgan fingerprint density at radius 2 is 1.76 bits per heavy atom. The molecule has 2 heterocycles. The van der Waals surface area contributed by atoms with Gasteiger partial charge >= 0.3 is 6.03 Å². The standard InChI is InChI=1S/C23H23N3O2S/c1-15(2)16-9-11-18(12-10-16)23(3)21(27)26(22(28)25-23)13-19-14-29-20(24-19)17-7-5-4-6-8-17/h4-12,14-15H,13H2,1-3H3,(H,25,28). The Balaban J connectivity index is 1.55. The highest BCUT2D eigenvalue weighted by molar-refractivity contribution is 7.13. The number of thiazole rings is 1. The van der Waals surface area contributed by atoms with E-state index in [1.807, 2.05) is 60.0 Å². The molecule has 3 aromatic rings. The van der Waals surface area contributed by atoms with Gasteiger partial charge in [-0.1, -0.05) is 68.4 Å². The maximum absolute atomic E-state index is 13.2. The molecule has 1 atom stereocenters. The van der Waals surface area contributed by atoms with Gasteiger partial charge < -0.3 is 5.32 Å². The van der Waals surface area contributed by atoms with Crippen LogP contribution < -0.4 is 5.32 Å². The predicted octanol–water partition coefficient (Wildman–Crippen LogP) is 4.90. The minimum absolute atomic E-state index is 0.160. The molecule has 1 saturated heterocycles. The lowest BCUT2D eigenvalue weighted by atomic mass is 9.90. The molecule has 5 nitrogen and oxygen atoms in total. The van der Waals surface area contributed by atoms with Crippen LogP contribution in [0.1, 0.15) is 43.5 Å². The van der Waals surface area contributed by atoms with E-state index in [2.05, 4.69) is 24.1 Å². The quantitative estimate of drug-likeness (QED) is 0.614. The number of amides is 3. The number of rotatable bonds is 5. The highest BCUT2D eigenvalue weighted by atomic mass is 32.1. The van der Waals surface area contributed by atoms with Crippen LogP contribution in [-0.2, 0) is 16.9 Å². The molecule has 1 fully saturated rings. The molecule has 6 heteroatoms. The maximum Gasteiger partial charge on any atom is 0.325 e. The first-order valence-corrected chi connectivity index (χ1v) is 10.5. The van der Waals surface area contributed by atoms with Crippen molar-refractivity contribution >= 4 is 23.3 Å². The lowest BCUT2D eigenvalue weighted by Gasteiger charge is -2.22. The number of aromatic nitrogens is 1. The summed E-state index contributed by atoms with van der Waals surface area (Å²) in [7, 11) is 0. The topological polar surface area (TPSA) is 62.3 Å². The molecule has 0 aliphatic carbocycles. The van der Waals surface area contributed by atoms with E-state index in [4.69, 9.17) is 0 Å². The number of carbonyl (C=O) groups excluding carboxylic acids is 2. The number of imide groups is 1. The van der Waals surface area contributed by atoms with E-state index in [0.29, 0.717) is 11.6 Å². The lowest BCUT2D eigenvalue weighted by Crippen LogP contribution is -2.40. The smallest absolute Gasteiger partial charge is 0.319 e. The van der Waals surface area contributed by atoms with Gasteiger partial charge in [0.1, 0.15) is 10.5 Å². The van der Waals surface area contributed by atoms with Crippen LogP contribution in [0.3, 0.4) is 0 Å². The van der Waals surface area contributed by atoms with Crippen molar-refractivity contribution in [3.8, 4) is 10.6 Å². The average Bonchev–Trinajstić information content (AvgIpc) is 3.28. The van der Waals surface area contributed by atoms with E-state index in [9.17, 15) is 9.59 Å². The second-order valence-electron chi connectivity index (χ2n) is 7.73. The highest BCUT2D eigenvalue weighted by Crippen LogP contribution is 2.31. The lowest BCUT2D eigenvalue weighted by molar-refractivity contribution is -0.131. The van der Waals surface area contributed by atoms with Gasteiger partial charge in [0.25, 0.3) is 5.91 Å². The predicted molar refractivity (Wildman–Crippen MR) is 115 cm³/mol. The number of hydrogen-bond donors (Lipinski definition) is 1. The molecule has 0 saturated carbocycles. The summed E-state index contributed by atoms with van der Waals surface area (Å²) in [6.07, 6.45) is 0. The van der Waals surface area contributed by atoms with Gasteiger partial charge in [-0.25, -0.2) is 9.78 Å². The van der Waals surface area contributed by atoms with Crippen molar-refractivity contribution < 1.29 is 9.59 Å². The van der Waals surface area contributed by atoms with Crippen LogP contribution in [0.25, 0.3) is 10.6 Å². The molecule has 4 rings (SSSR count). The fraction of sp³-hybridized carbons (Fsp3) is 0.261. The van der Waals surface area contributed by atoms with Gasteiger partial charge in [-0.2, -0.15) is 0 Å². The van der Waals surface area contributed by atoms with Crippen molar-refractivity contribution in [1.82, 2.24) is 15.2 Å². The fourth-order valence-electron chi connectivity index (χ4n) is 3.49. The molecule has 2 aromatic carbocycles.